The Morgan fingerprint density at radius 2 is 2.38 bits per heavy atom. The quantitative estimate of drug-likeness (QED) is 0.825. The number of hydrogen-bond acceptors (Lipinski definition) is 3. The van der Waals surface area contributed by atoms with Gasteiger partial charge in [0, 0.05) is 34.4 Å². The Morgan fingerprint density at radius 1 is 1.62 bits per heavy atom. The molecule has 0 spiro atoms. The third-order valence-electron chi connectivity index (χ3n) is 1.69. The summed E-state index contributed by atoms with van der Waals surface area (Å²) in [4.78, 5) is 2.70. The maximum absolute atomic E-state index is 4.94. The summed E-state index contributed by atoms with van der Waals surface area (Å²) in [5, 5.41) is 3.31. The van der Waals surface area contributed by atoms with E-state index in [2.05, 4.69) is 34.2 Å². The summed E-state index contributed by atoms with van der Waals surface area (Å²) < 4.78 is 6.15. The lowest BCUT2D eigenvalue weighted by atomic mass is 10.4. The van der Waals surface area contributed by atoms with Gasteiger partial charge in [-0.1, -0.05) is 0 Å². The highest BCUT2D eigenvalue weighted by Crippen LogP contribution is 2.25. The van der Waals surface area contributed by atoms with Crippen molar-refractivity contribution in [2.75, 3.05) is 20.3 Å². The van der Waals surface area contributed by atoms with Crippen LogP contribution in [0.25, 0.3) is 0 Å². The predicted molar refractivity (Wildman–Crippen MR) is 60.3 cm³/mol. The second-order valence-electron chi connectivity index (χ2n) is 2.79. The fourth-order valence-electron chi connectivity index (χ4n) is 0.991. The molecule has 1 aromatic rings. The number of nitrogens with one attached hydrogen (secondary N) is 1. The van der Waals surface area contributed by atoms with Crippen LogP contribution in [0.1, 0.15) is 9.75 Å². The lowest BCUT2D eigenvalue weighted by molar-refractivity contribution is 0.199. The molecule has 13 heavy (non-hydrogen) atoms. The van der Waals surface area contributed by atoms with Gasteiger partial charge in [0.1, 0.15) is 0 Å². The summed E-state index contributed by atoms with van der Waals surface area (Å²) >= 11 is 5.32. The molecule has 0 saturated heterocycles. The molecule has 0 radical (unpaired) electrons. The van der Waals surface area contributed by atoms with Gasteiger partial charge in [-0.05, 0) is 28.9 Å². The first-order valence-electron chi connectivity index (χ1n) is 4.18. The van der Waals surface area contributed by atoms with Gasteiger partial charge in [0.15, 0.2) is 0 Å². The van der Waals surface area contributed by atoms with Gasteiger partial charge < -0.3 is 10.1 Å². The first kappa shape index (κ1) is 11.2. The molecule has 2 nitrogen and oxygen atoms in total. The van der Waals surface area contributed by atoms with Crippen molar-refractivity contribution in [2.45, 2.75) is 13.5 Å². The van der Waals surface area contributed by atoms with Crippen molar-refractivity contribution in [2.24, 2.45) is 0 Å². The average molecular weight is 264 g/mol. The lowest BCUT2D eigenvalue weighted by Crippen LogP contribution is -2.17. The molecule has 0 fully saturated rings. The van der Waals surface area contributed by atoms with Gasteiger partial charge in [-0.3, -0.25) is 0 Å². The van der Waals surface area contributed by atoms with Crippen LogP contribution in [0.4, 0.5) is 0 Å². The van der Waals surface area contributed by atoms with E-state index < -0.39 is 0 Å². The summed E-state index contributed by atoms with van der Waals surface area (Å²) in [6.45, 7) is 4.73. The molecule has 0 aliphatic heterocycles. The molecule has 74 valence electrons. The molecular formula is C9H14BrNOS. The largest absolute Gasteiger partial charge is 0.383 e. The van der Waals surface area contributed by atoms with E-state index in [0.29, 0.717) is 0 Å². The number of thiophene rings is 1. The molecule has 0 atom stereocenters. The van der Waals surface area contributed by atoms with Crippen LogP contribution in [-0.2, 0) is 11.3 Å². The molecule has 0 bridgehead atoms. The van der Waals surface area contributed by atoms with Crippen LogP contribution in [-0.4, -0.2) is 20.3 Å². The first-order chi connectivity index (χ1) is 6.24. The van der Waals surface area contributed by atoms with E-state index in [4.69, 9.17) is 4.74 Å². The molecule has 0 unspecified atom stereocenters. The highest BCUT2D eigenvalue weighted by molar-refractivity contribution is 9.10. The second kappa shape index (κ2) is 5.75. The fourth-order valence-corrected chi connectivity index (χ4v) is 2.56. The topological polar surface area (TPSA) is 21.3 Å². The molecule has 0 saturated carbocycles. The zero-order valence-electron chi connectivity index (χ0n) is 7.89. The predicted octanol–water partition coefficient (Wildman–Crippen LogP) is 2.56. The summed E-state index contributed by atoms with van der Waals surface area (Å²) in [6.07, 6.45) is 0. The van der Waals surface area contributed by atoms with E-state index in [-0.39, 0.29) is 0 Å². The number of aryl methyl sites for hydroxylation is 1. The van der Waals surface area contributed by atoms with Gasteiger partial charge >= 0.3 is 0 Å². The SMILES string of the molecule is COCCNCc1cc(Br)c(C)s1. The summed E-state index contributed by atoms with van der Waals surface area (Å²) in [5.74, 6) is 0. The van der Waals surface area contributed by atoms with Crippen molar-refractivity contribution in [3.63, 3.8) is 0 Å². The third kappa shape index (κ3) is 3.77. The van der Waals surface area contributed by atoms with E-state index in [1.54, 1.807) is 7.11 Å². The highest BCUT2D eigenvalue weighted by Gasteiger charge is 2.01. The van der Waals surface area contributed by atoms with Gasteiger partial charge in [0.05, 0.1) is 6.61 Å². The van der Waals surface area contributed by atoms with E-state index in [1.165, 1.54) is 14.2 Å². The van der Waals surface area contributed by atoms with Crippen LogP contribution in [0.3, 0.4) is 0 Å². The number of rotatable bonds is 5. The number of halogens is 1. The average Bonchev–Trinajstić information content (AvgIpc) is 2.41. The standard InChI is InChI=1S/C9H14BrNOS/c1-7-9(10)5-8(13-7)6-11-3-4-12-2/h5,11H,3-4,6H2,1-2H3. The molecule has 0 aliphatic carbocycles. The van der Waals surface area contributed by atoms with E-state index in [0.717, 1.165) is 19.7 Å². The molecule has 1 rings (SSSR count). The van der Waals surface area contributed by atoms with Crippen molar-refractivity contribution in [1.82, 2.24) is 5.32 Å². The van der Waals surface area contributed by atoms with E-state index in [1.807, 2.05) is 11.3 Å². The van der Waals surface area contributed by atoms with Crippen molar-refractivity contribution in [3.05, 3.63) is 20.3 Å². The minimum Gasteiger partial charge on any atom is -0.383 e. The molecule has 1 aromatic heterocycles. The fraction of sp³-hybridized carbons (Fsp3) is 0.556. The smallest absolute Gasteiger partial charge is 0.0587 e. The van der Waals surface area contributed by atoms with Crippen LogP contribution in [0.5, 0.6) is 0 Å². The first-order valence-corrected chi connectivity index (χ1v) is 5.79. The Hall–Kier alpha value is 0.1000. The minimum absolute atomic E-state index is 0.769. The van der Waals surface area contributed by atoms with Gasteiger partial charge in [0.2, 0.25) is 0 Å². The molecule has 0 aliphatic rings. The van der Waals surface area contributed by atoms with E-state index >= 15 is 0 Å². The Kier molecular flexibility index (Phi) is 4.94. The molecule has 0 amide bonds. The zero-order chi connectivity index (χ0) is 9.68. The third-order valence-corrected chi connectivity index (χ3v) is 3.83. The van der Waals surface area contributed by atoms with Gasteiger partial charge in [-0.15, -0.1) is 11.3 Å². The van der Waals surface area contributed by atoms with Gasteiger partial charge in [0.25, 0.3) is 0 Å². The Bertz CT molecular complexity index is 243. The number of hydrogen-bond donors (Lipinski definition) is 1. The zero-order valence-corrected chi connectivity index (χ0v) is 10.3. The van der Waals surface area contributed by atoms with Crippen molar-refractivity contribution >= 4 is 27.3 Å². The van der Waals surface area contributed by atoms with Crippen molar-refractivity contribution in [3.8, 4) is 0 Å². The summed E-state index contributed by atoms with van der Waals surface area (Å²) in [7, 11) is 1.72. The lowest BCUT2D eigenvalue weighted by Gasteiger charge is -2.00. The van der Waals surface area contributed by atoms with Crippen LogP contribution in [0, 0.1) is 6.92 Å². The minimum atomic E-state index is 0.769. The van der Waals surface area contributed by atoms with Crippen LogP contribution < -0.4 is 5.32 Å². The van der Waals surface area contributed by atoms with E-state index in [9.17, 15) is 0 Å². The Balaban J connectivity index is 2.29. The van der Waals surface area contributed by atoms with Gasteiger partial charge in [-0.2, -0.15) is 0 Å². The monoisotopic (exact) mass is 263 g/mol. The van der Waals surface area contributed by atoms with Crippen molar-refractivity contribution < 1.29 is 4.74 Å². The maximum atomic E-state index is 4.94. The molecule has 4 heteroatoms. The highest BCUT2D eigenvalue weighted by atomic mass is 79.9. The van der Waals surface area contributed by atoms with Crippen LogP contribution in [0.15, 0.2) is 10.5 Å². The van der Waals surface area contributed by atoms with Crippen LogP contribution in [0.2, 0.25) is 0 Å². The molecule has 0 aromatic carbocycles. The molecule has 1 heterocycles. The number of methoxy groups -OCH3 is 1. The normalized spacial score (nSPS) is 10.7. The van der Waals surface area contributed by atoms with Gasteiger partial charge in [-0.25, -0.2) is 0 Å². The molecular weight excluding hydrogens is 250 g/mol. The van der Waals surface area contributed by atoms with Crippen LogP contribution >= 0.6 is 27.3 Å². The molecule has 1 N–H and O–H groups in total. The number of ether oxygens (including phenoxy) is 1. The summed E-state index contributed by atoms with van der Waals surface area (Å²) in [5.41, 5.74) is 0. The Morgan fingerprint density at radius 3 is 2.92 bits per heavy atom. The van der Waals surface area contributed by atoms with Crippen molar-refractivity contribution in [1.29, 1.82) is 0 Å². The summed E-state index contributed by atoms with van der Waals surface area (Å²) in [6, 6.07) is 2.17. The second-order valence-corrected chi connectivity index (χ2v) is 4.98. The maximum Gasteiger partial charge on any atom is 0.0587 e. The Labute approximate surface area is 91.4 Å².